The Labute approximate surface area is 172 Å². The standard InChI is InChI=1S/C25H27FN2O/c1-19-6-10-22(11-7-19)25-27(17-20-8-12-23(26)13-9-20)14-15-28(25)18-21-4-3-5-24(16-21)29-2/h3-13,16,25H,14-15,17-18H2,1-2H3/t25-/m1/s1. The highest BCUT2D eigenvalue weighted by atomic mass is 19.1. The van der Waals surface area contributed by atoms with Crippen molar-refractivity contribution in [2.45, 2.75) is 26.2 Å². The molecule has 3 nitrogen and oxygen atoms in total. The van der Waals surface area contributed by atoms with E-state index >= 15 is 0 Å². The van der Waals surface area contributed by atoms with Crippen molar-refractivity contribution < 1.29 is 9.13 Å². The lowest BCUT2D eigenvalue weighted by Gasteiger charge is -2.31. The van der Waals surface area contributed by atoms with Crippen molar-refractivity contribution >= 4 is 0 Å². The van der Waals surface area contributed by atoms with E-state index in [0.717, 1.165) is 37.5 Å². The molecular weight excluding hydrogens is 363 g/mol. The smallest absolute Gasteiger partial charge is 0.123 e. The van der Waals surface area contributed by atoms with Gasteiger partial charge >= 0.3 is 0 Å². The SMILES string of the molecule is COc1cccc(CN2CCN(Cc3ccc(F)cc3)[C@H]2c2ccc(C)cc2)c1. The molecule has 0 bridgehead atoms. The summed E-state index contributed by atoms with van der Waals surface area (Å²) in [6.07, 6.45) is 0.187. The highest BCUT2D eigenvalue weighted by Gasteiger charge is 2.33. The van der Waals surface area contributed by atoms with E-state index in [9.17, 15) is 4.39 Å². The molecule has 4 rings (SSSR count). The predicted octanol–water partition coefficient (Wildman–Crippen LogP) is 5.16. The first-order valence-corrected chi connectivity index (χ1v) is 10.0. The molecule has 1 heterocycles. The van der Waals surface area contributed by atoms with Gasteiger partial charge in [-0.25, -0.2) is 4.39 Å². The second-order valence-electron chi connectivity index (χ2n) is 7.70. The molecule has 0 aliphatic carbocycles. The summed E-state index contributed by atoms with van der Waals surface area (Å²) in [7, 11) is 1.70. The third-order valence-corrected chi connectivity index (χ3v) is 5.56. The summed E-state index contributed by atoms with van der Waals surface area (Å²) in [5.41, 5.74) is 4.92. The number of benzene rings is 3. The number of aryl methyl sites for hydroxylation is 1. The third-order valence-electron chi connectivity index (χ3n) is 5.56. The van der Waals surface area contributed by atoms with Gasteiger partial charge in [0.25, 0.3) is 0 Å². The molecule has 0 saturated carbocycles. The lowest BCUT2D eigenvalue weighted by molar-refractivity contribution is 0.125. The van der Waals surface area contributed by atoms with Gasteiger partial charge in [0.1, 0.15) is 11.6 Å². The molecule has 0 unspecified atom stereocenters. The number of methoxy groups -OCH3 is 1. The number of ether oxygens (including phenoxy) is 1. The lowest BCUT2D eigenvalue weighted by atomic mass is 10.1. The van der Waals surface area contributed by atoms with Gasteiger partial charge in [0, 0.05) is 26.2 Å². The molecule has 0 N–H and O–H groups in total. The molecule has 0 spiro atoms. The third kappa shape index (κ3) is 4.66. The van der Waals surface area contributed by atoms with Crippen LogP contribution in [0.4, 0.5) is 4.39 Å². The Hall–Kier alpha value is -2.69. The summed E-state index contributed by atoms with van der Waals surface area (Å²) in [5.74, 6) is 0.696. The van der Waals surface area contributed by atoms with E-state index in [0.29, 0.717) is 0 Å². The molecule has 1 aliphatic heterocycles. The molecule has 3 aromatic rings. The fourth-order valence-electron chi connectivity index (χ4n) is 4.05. The predicted molar refractivity (Wildman–Crippen MR) is 114 cm³/mol. The zero-order valence-electron chi connectivity index (χ0n) is 17.0. The minimum atomic E-state index is -0.190. The zero-order chi connectivity index (χ0) is 20.2. The van der Waals surface area contributed by atoms with Crippen molar-refractivity contribution in [2.75, 3.05) is 20.2 Å². The van der Waals surface area contributed by atoms with E-state index in [1.807, 2.05) is 24.3 Å². The average Bonchev–Trinajstić information content (AvgIpc) is 3.12. The molecule has 3 aromatic carbocycles. The van der Waals surface area contributed by atoms with Crippen LogP contribution in [0.2, 0.25) is 0 Å². The van der Waals surface area contributed by atoms with Gasteiger partial charge in [-0.2, -0.15) is 0 Å². The first-order chi connectivity index (χ1) is 14.1. The Balaban J connectivity index is 1.59. The van der Waals surface area contributed by atoms with Crippen LogP contribution in [0.25, 0.3) is 0 Å². The Kier molecular flexibility index (Phi) is 5.93. The van der Waals surface area contributed by atoms with Crippen LogP contribution in [0.1, 0.15) is 28.4 Å². The molecule has 1 saturated heterocycles. The van der Waals surface area contributed by atoms with Gasteiger partial charge in [-0.3, -0.25) is 9.80 Å². The van der Waals surface area contributed by atoms with Gasteiger partial charge in [0.2, 0.25) is 0 Å². The first-order valence-electron chi connectivity index (χ1n) is 10.0. The van der Waals surface area contributed by atoms with Crippen molar-refractivity contribution in [2.24, 2.45) is 0 Å². The van der Waals surface area contributed by atoms with Crippen LogP contribution < -0.4 is 4.74 Å². The van der Waals surface area contributed by atoms with Gasteiger partial charge in [-0.05, 0) is 47.9 Å². The summed E-state index contributed by atoms with van der Waals surface area (Å²) >= 11 is 0. The maximum absolute atomic E-state index is 13.3. The van der Waals surface area contributed by atoms with Crippen molar-refractivity contribution in [1.82, 2.24) is 9.80 Å². The molecule has 1 fully saturated rings. The molecule has 0 aromatic heterocycles. The second kappa shape index (κ2) is 8.76. The van der Waals surface area contributed by atoms with Gasteiger partial charge in [-0.15, -0.1) is 0 Å². The minimum Gasteiger partial charge on any atom is -0.497 e. The van der Waals surface area contributed by atoms with Gasteiger partial charge < -0.3 is 4.74 Å². The van der Waals surface area contributed by atoms with Gasteiger partial charge in [-0.1, -0.05) is 54.1 Å². The van der Waals surface area contributed by atoms with Gasteiger partial charge in [0.15, 0.2) is 0 Å². The van der Waals surface area contributed by atoms with E-state index < -0.39 is 0 Å². The molecule has 0 radical (unpaired) electrons. The van der Waals surface area contributed by atoms with Crippen molar-refractivity contribution in [3.8, 4) is 5.75 Å². The second-order valence-corrected chi connectivity index (χ2v) is 7.70. The Morgan fingerprint density at radius 3 is 2.17 bits per heavy atom. The van der Waals surface area contributed by atoms with E-state index in [-0.39, 0.29) is 12.0 Å². The highest BCUT2D eigenvalue weighted by molar-refractivity contribution is 5.30. The summed E-state index contributed by atoms with van der Waals surface area (Å²) < 4.78 is 18.7. The van der Waals surface area contributed by atoms with Crippen molar-refractivity contribution in [1.29, 1.82) is 0 Å². The summed E-state index contributed by atoms with van der Waals surface area (Å²) in [6.45, 7) is 5.72. The molecule has 4 heteroatoms. The normalized spacial score (nSPS) is 17.6. The van der Waals surface area contributed by atoms with Crippen LogP contribution in [0, 0.1) is 12.7 Å². The number of halogens is 1. The Morgan fingerprint density at radius 1 is 0.862 bits per heavy atom. The fraction of sp³-hybridized carbons (Fsp3) is 0.280. The number of nitrogens with zero attached hydrogens (tertiary/aromatic N) is 2. The molecule has 1 atom stereocenters. The topological polar surface area (TPSA) is 15.7 Å². The Morgan fingerprint density at radius 2 is 1.52 bits per heavy atom. The maximum Gasteiger partial charge on any atom is 0.123 e. The molecule has 150 valence electrons. The summed E-state index contributed by atoms with van der Waals surface area (Å²) in [5, 5.41) is 0. The average molecular weight is 391 g/mol. The van der Waals surface area contributed by atoms with E-state index in [1.54, 1.807) is 19.2 Å². The summed E-state index contributed by atoms with van der Waals surface area (Å²) in [6, 6.07) is 23.9. The minimum absolute atomic E-state index is 0.187. The monoisotopic (exact) mass is 390 g/mol. The van der Waals surface area contributed by atoms with Crippen LogP contribution in [0.5, 0.6) is 5.75 Å². The van der Waals surface area contributed by atoms with Crippen LogP contribution in [0.3, 0.4) is 0 Å². The highest BCUT2D eigenvalue weighted by Crippen LogP contribution is 2.33. The van der Waals surface area contributed by atoms with E-state index in [2.05, 4.69) is 53.1 Å². The van der Waals surface area contributed by atoms with E-state index in [4.69, 9.17) is 4.74 Å². The zero-order valence-corrected chi connectivity index (χ0v) is 17.0. The van der Waals surface area contributed by atoms with Crippen LogP contribution >= 0.6 is 0 Å². The number of hydrogen-bond acceptors (Lipinski definition) is 3. The van der Waals surface area contributed by atoms with Gasteiger partial charge in [0.05, 0.1) is 13.3 Å². The lowest BCUT2D eigenvalue weighted by Crippen LogP contribution is -2.30. The molecule has 29 heavy (non-hydrogen) atoms. The number of rotatable bonds is 6. The molecular formula is C25H27FN2O. The van der Waals surface area contributed by atoms with Crippen molar-refractivity contribution in [3.05, 3.63) is 101 Å². The largest absolute Gasteiger partial charge is 0.497 e. The van der Waals surface area contributed by atoms with Crippen LogP contribution in [-0.4, -0.2) is 30.0 Å². The molecule has 1 aliphatic rings. The summed E-state index contributed by atoms with van der Waals surface area (Å²) in [4.78, 5) is 4.97. The quantitative estimate of drug-likeness (QED) is 0.578. The Bertz CT molecular complexity index is 940. The van der Waals surface area contributed by atoms with Crippen LogP contribution in [-0.2, 0) is 13.1 Å². The van der Waals surface area contributed by atoms with Crippen LogP contribution in [0.15, 0.2) is 72.8 Å². The maximum atomic E-state index is 13.3. The molecule has 0 amide bonds. The first kappa shape index (κ1) is 19.6. The van der Waals surface area contributed by atoms with E-state index in [1.165, 1.54) is 16.7 Å². The fourth-order valence-corrected chi connectivity index (χ4v) is 4.05. The number of hydrogen-bond donors (Lipinski definition) is 0. The van der Waals surface area contributed by atoms with Crippen molar-refractivity contribution in [3.63, 3.8) is 0 Å².